The summed E-state index contributed by atoms with van der Waals surface area (Å²) in [6.45, 7) is 2.57. The smallest absolute Gasteiger partial charge is 0.365 e. The van der Waals surface area contributed by atoms with Crippen molar-refractivity contribution in [3.8, 4) is 11.4 Å². The van der Waals surface area contributed by atoms with Gasteiger partial charge in [-0.2, -0.15) is 13.2 Å². The summed E-state index contributed by atoms with van der Waals surface area (Å²) in [5, 5.41) is 3.25. The number of halogens is 3. The maximum Gasteiger partial charge on any atom is 0.417 e. The third kappa shape index (κ3) is 3.72. The molecule has 1 saturated heterocycles. The fourth-order valence-electron chi connectivity index (χ4n) is 4.83. The third-order valence-electron chi connectivity index (χ3n) is 6.27. The highest BCUT2D eigenvalue weighted by Crippen LogP contribution is 2.40. The number of fused-ring (bicyclic) bond motifs is 2. The molecular formula is C23H22F3N5O. The van der Waals surface area contributed by atoms with Gasteiger partial charge in [-0.05, 0) is 61.6 Å². The number of piperidine rings is 1. The maximum absolute atomic E-state index is 13.6. The number of pyridine rings is 2. The highest BCUT2D eigenvalue weighted by molar-refractivity contribution is 6.00. The summed E-state index contributed by atoms with van der Waals surface area (Å²) in [6.07, 6.45) is 1.66. The van der Waals surface area contributed by atoms with Crippen molar-refractivity contribution in [1.29, 1.82) is 0 Å². The Kier molecular flexibility index (Phi) is 4.91. The molecule has 32 heavy (non-hydrogen) atoms. The largest absolute Gasteiger partial charge is 0.417 e. The molecule has 0 radical (unpaired) electrons. The zero-order valence-electron chi connectivity index (χ0n) is 17.4. The topological polar surface area (TPSA) is 73.9 Å². The van der Waals surface area contributed by atoms with E-state index < -0.39 is 11.7 Å². The first-order valence-electron chi connectivity index (χ1n) is 10.5. The average molecular weight is 441 g/mol. The van der Waals surface area contributed by atoms with Crippen LogP contribution >= 0.6 is 0 Å². The van der Waals surface area contributed by atoms with E-state index in [2.05, 4.69) is 20.3 Å². The monoisotopic (exact) mass is 441 g/mol. The molecule has 2 bridgehead atoms. The highest BCUT2D eigenvalue weighted by atomic mass is 19.4. The van der Waals surface area contributed by atoms with Crippen LogP contribution in [0.4, 0.5) is 19.0 Å². The number of aromatic nitrogens is 3. The number of nitrogens with zero attached hydrogens (tertiary/aromatic N) is 3. The first-order chi connectivity index (χ1) is 15.3. The fourth-order valence-corrected chi connectivity index (χ4v) is 4.83. The number of aromatic amines is 1. The molecule has 3 aromatic heterocycles. The zero-order valence-corrected chi connectivity index (χ0v) is 17.4. The summed E-state index contributed by atoms with van der Waals surface area (Å²) >= 11 is 0. The second-order valence-electron chi connectivity index (χ2n) is 8.54. The van der Waals surface area contributed by atoms with Crippen LogP contribution in [0.2, 0.25) is 0 Å². The van der Waals surface area contributed by atoms with Crippen LogP contribution < -0.4 is 5.32 Å². The van der Waals surface area contributed by atoms with Gasteiger partial charge in [0, 0.05) is 31.2 Å². The van der Waals surface area contributed by atoms with Gasteiger partial charge in [-0.15, -0.1) is 0 Å². The van der Waals surface area contributed by atoms with Gasteiger partial charge >= 0.3 is 6.18 Å². The molecule has 3 atom stereocenters. The van der Waals surface area contributed by atoms with E-state index in [0.717, 1.165) is 36.4 Å². The van der Waals surface area contributed by atoms with Gasteiger partial charge < -0.3 is 15.2 Å². The Hall–Kier alpha value is -3.36. The predicted octanol–water partition coefficient (Wildman–Crippen LogP) is 4.51. The minimum atomic E-state index is -4.42. The number of hydrogen-bond donors (Lipinski definition) is 2. The highest BCUT2D eigenvalue weighted by Gasteiger charge is 2.47. The van der Waals surface area contributed by atoms with E-state index in [9.17, 15) is 18.0 Å². The van der Waals surface area contributed by atoms with E-state index in [-0.39, 0.29) is 18.0 Å². The van der Waals surface area contributed by atoms with Crippen molar-refractivity contribution >= 4 is 11.7 Å². The van der Waals surface area contributed by atoms with E-state index >= 15 is 0 Å². The normalized spacial score (nSPS) is 22.4. The SMILES string of the molecule is Cc1cnc(-c2ccc[nH]2)c(C(=O)N2C[C@H]3C[C@@H](Nc4ccc(C(F)(F)F)cn4)[C@@H]2C3)c1. The summed E-state index contributed by atoms with van der Waals surface area (Å²) in [7, 11) is 0. The molecule has 1 amide bonds. The second-order valence-corrected chi connectivity index (χ2v) is 8.54. The number of likely N-dealkylation sites (tertiary alicyclic amines) is 1. The van der Waals surface area contributed by atoms with Gasteiger partial charge in [0.2, 0.25) is 0 Å². The lowest BCUT2D eigenvalue weighted by Crippen LogP contribution is -2.48. The molecule has 2 fully saturated rings. The number of rotatable bonds is 4. The lowest BCUT2D eigenvalue weighted by atomic mass is 10.0. The van der Waals surface area contributed by atoms with Crippen LogP contribution in [0.5, 0.6) is 0 Å². The molecule has 9 heteroatoms. The molecule has 4 heterocycles. The van der Waals surface area contributed by atoms with Crippen molar-refractivity contribution in [3.63, 3.8) is 0 Å². The number of amides is 1. The van der Waals surface area contributed by atoms with E-state index in [1.807, 2.05) is 30.0 Å². The number of aryl methyl sites for hydroxylation is 1. The quantitative estimate of drug-likeness (QED) is 0.625. The van der Waals surface area contributed by atoms with E-state index in [1.54, 1.807) is 12.4 Å². The molecule has 5 rings (SSSR count). The summed E-state index contributed by atoms with van der Waals surface area (Å²) in [6, 6.07) is 7.85. The number of anilines is 1. The summed E-state index contributed by atoms with van der Waals surface area (Å²) < 4.78 is 38.4. The molecule has 1 aliphatic carbocycles. The predicted molar refractivity (Wildman–Crippen MR) is 113 cm³/mol. The Morgan fingerprint density at radius 2 is 2.03 bits per heavy atom. The Morgan fingerprint density at radius 1 is 1.19 bits per heavy atom. The molecule has 6 nitrogen and oxygen atoms in total. The molecule has 1 aliphatic heterocycles. The molecule has 0 spiro atoms. The van der Waals surface area contributed by atoms with Crippen molar-refractivity contribution < 1.29 is 18.0 Å². The van der Waals surface area contributed by atoms with Gasteiger partial charge in [0.25, 0.3) is 5.91 Å². The lowest BCUT2D eigenvalue weighted by molar-refractivity contribution is -0.137. The first-order valence-corrected chi connectivity index (χ1v) is 10.5. The molecule has 0 aromatic carbocycles. The van der Waals surface area contributed by atoms with E-state index in [4.69, 9.17) is 0 Å². The number of H-pyrrole nitrogens is 1. The van der Waals surface area contributed by atoms with Gasteiger partial charge in [0.05, 0.1) is 28.6 Å². The van der Waals surface area contributed by atoms with Crippen molar-refractivity contribution in [2.75, 3.05) is 11.9 Å². The van der Waals surface area contributed by atoms with Crippen LogP contribution in [-0.4, -0.2) is 44.4 Å². The third-order valence-corrected chi connectivity index (χ3v) is 6.27. The van der Waals surface area contributed by atoms with Crippen LogP contribution in [0.1, 0.15) is 34.3 Å². The van der Waals surface area contributed by atoms with Crippen LogP contribution in [-0.2, 0) is 6.18 Å². The molecule has 3 aromatic rings. The van der Waals surface area contributed by atoms with Crippen molar-refractivity contribution in [3.05, 3.63) is 65.6 Å². The Morgan fingerprint density at radius 3 is 2.69 bits per heavy atom. The summed E-state index contributed by atoms with van der Waals surface area (Å²) in [5.74, 6) is 0.653. The number of carbonyl (C=O) groups excluding carboxylic acids is 1. The van der Waals surface area contributed by atoms with E-state index in [1.165, 1.54) is 6.07 Å². The van der Waals surface area contributed by atoms with Crippen LogP contribution in [0, 0.1) is 12.8 Å². The van der Waals surface area contributed by atoms with Crippen molar-refractivity contribution in [2.45, 2.75) is 38.0 Å². The number of nitrogens with one attached hydrogen (secondary N) is 2. The molecular weight excluding hydrogens is 419 g/mol. The minimum absolute atomic E-state index is 0.0476. The summed E-state index contributed by atoms with van der Waals surface area (Å²) in [5.41, 5.74) is 2.06. The van der Waals surface area contributed by atoms with Crippen LogP contribution in [0.25, 0.3) is 11.4 Å². The first kappa shape index (κ1) is 20.5. The summed E-state index contributed by atoms with van der Waals surface area (Å²) in [4.78, 5) is 27.0. The van der Waals surface area contributed by atoms with E-state index in [0.29, 0.717) is 29.5 Å². The molecule has 0 unspecified atom stereocenters. The molecule has 166 valence electrons. The van der Waals surface area contributed by atoms with Crippen molar-refractivity contribution in [1.82, 2.24) is 19.9 Å². The van der Waals surface area contributed by atoms with Gasteiger partial charge in [-0.1, -0.05) is 0 Å². The Balaban J connectivity index is 1.37. The minimum Gasteiger partial charge on any atom is -0.365 e. The molecule has 2 aliphatic rings. The lowest BCUT2D eigenvalue weighted by Gasteiger charge is -2.34. The van der Waals surface area contributed by atoms with Crippen LogP contribution in [0.15, 0.2) is 48.9 Å². The second kappa shape index (κ2) is 7.65. The van der Waals surface area contributed by atoms with Gasteiger partial charge in [-0.3, -0.25) is 9.78 Å². The molecule has 2 N–H and O–H groups in total. The van der Waals surface area contributed by atoms with Gasteiger partial charge in [0.1, 0.15) is 5.82 Å². The standard InChI is InChI=1S/C23H22F3N5O/c1-13-7-16(21(29-10-13)17-3-2-6-27-17)22(32)31-12-14-8-18(19(31)9-14)30-20-5-4-15(11-28-20)23(24,25)26/h2-7,10-11,14,18-19,27H,8-9,12H2,1H3,(H,28,30)/t14-,18+,19-/m0/s1. The van der Waals surface area contributed by atoms with Gasteiger partial charge in [-0.25, -0.2) is 4.98 Å². The Bertz CT molecular complexity index is 1130. The van der Waals surface area contributed by atoms with Crippen molar-refractivity contribution in [2.24, 2.45) is 5.92 Å². The number of alkyl halides is 3. The van der Waals surface area contributed by atoms with Crippen LogP contribution in [0.3, 0.4) is 0 Å². The number of carbonyl (C=O) groups is 1. The Labute approximate surface area is 182 Å². The van der Waals surface area contributed by atoms with Gasteiger partial charge in [0.15, 0.2) is 0 Å². The average Bonchev–Trinajstić information content (AvgIpc) is 3.50. The fraction of sp³-hybridized carbons (Fsp3) is 0.348. The number of hydrogen-bond acceptors (Lipinski definition) is 4. The zero-order chi connectivity index (χ0) is 22.5. The maximum atomic E-state index is 13.6. The molecule has 1 saturated carbocycles.